The Morgan fingerprint density at radius 2 is 1.89 bits per heavy atom. The van der Waals surface area contributed by atoms with Crippen molar-refractivity contribution in [2.24, 2.45) is 12.0 Å². The summed E-state index contributed by atoms with van der Waals surface area (Å²) in [5.41, 5.74) is 1.30. The molecule has 1 amide bonds. The molecule has 1 aliphatic rings. The van der Waals surface area contributed by atoms with Crippen LogP contribution in [-0.4, -0.2) is 37.9 Å². The van der Waals surface area contributed by atoms with E-state index in [0.29, 0.717) is 46.6 Å². The molecule has 0 bridgehead atoms. The summed E-state index contributed by atoms with van der Waals surface area (Å²) in [4.78, 5) is 17.5. The normalized spacial score (nSPS) is 13.7. The molecule has 7 nitrogen and oxygen atoms in total. The smallest absolute Gasteiger partial charge is 0.279 e. The number of carbonyl (C=O) groups is 1. The number of aryl methyl sites for hydroxylation is 1. The van der Waals surface area contributed by atoms with Crippen LogP contribution >= 0.6 is 11.3 Å². The Hall–Kier alpha value is -3.00. The molecule has 0 unspecified atom stereocenters. The number of amides is 1. The van der Waals surface area contributed by atoms with Gasteiger partial charge in [0, 0.05) is 18.7 Å². The highest BCUT2D eigenvalue weighted by Gasteiger charge is 2.16. The summed E-state index contributed by atoms with van der Waals surface area (Å²) in [6, 6.07) is 8.79. The van der Waals surface area contributed by atoms with Crippen molar-refractivity contribution in [3.05, 3.63) is 40.7 Å². The zero-order valence-corrected chi connectivity index (χ0v) is 16.0. The van der Waals surface area contributed by atoms with Gasteiger partial charge in [-0.25, -0.2) is 0 Å². The third-order valence-corrected chi connectivity index (χ3v) is 5.36. The molecule has 27 heavy (non-hydrogen) atoms. The van der Waals surface area contributed by atoms with Gasteiger partial charge in [-0.15, -0.1) is 0 Å². The first-order chi connectivity index (χ1) is 13.1. The van der Waals surface area contributed by atoms with Crippen LogP contribution in [0.1, 0.15) is 10.4 Å². The minimum absolute atomic E-state index is 0.347. The lowest BCUT2D eigenvalue weighted by atomic mass is 10.2. The molecule has 2 aromatic carbocycles. The SMILES string of the molecule is COc1cc(OC)c2c(c1)sc(=NC(=O)c1ccc3c(c1)OCCO3)n2C. The second-order valence-electron chi connectivity index (χ2n) is 5.90. The van der Waals surface area contributed by atoms with Crippen molar-refractivity contribution in [3.8, 4) is 23.0 Å². The first-order valence-electron chi connectivity index (χ1n) is 8.31. The maximum absolute atomic E-state index is 12.7. The summed E-state index contributed by atoms with van der Waals surface area (Å²) >= 11 is 1.39. The van der Waals surface area contributed by atoms with Gasteiger partial charge >= 0.3 is 0 Å². The van der Waals surface area contributed by atoms with Crippen molar-refractivity contribution in [1.82, 2.24) is 4.57 Å². The average Bonchev–Trinajstić information content (AvgIpc) is 3.02. The standard InChI is InChI=1S/C19H18N2O5S/c1-21-17-15(24-3)9-12(23-2)10-16(17)27-19(21)20-18(22)11-4-5-13-14(8-11)26-7-6-25-13/h4-5,8-10H,6-7H2,1-3H3. The van der Waals surface area contributed by atoms with Crippen LogP contribution in [-0.2, 0) is 7.05 Å². The number of rotatable bonds is 3. The predicted molar refractivity (Wildman–Crippen MR) is 101 cm³/mol. The van der Waals surface area contributed by atoms with Gasteiger partial charge in [-0.1, -0.05) is 11.3 Å². The number of methoxy groups -OCH3 is 2. The Kier molecular flexibility index (Phi) is 4.49. The molecule has 4 rings (SSSR count). The molecule has 1 aliphatic heterocycles. The fourth-order valence-corrected chi connectivity index (χ4v) is 3.99. The van der Waals surface area contributed by atoms with Crippen molar-refractivity contribution < 1.29 is 23.7 Å². The number of ether oxygens (including phenoxy) is 4. The van der Waals surface area contributed by atoms with Gasteiger partial charge < -0.3 is 23.5 Å². The molecule has 2 heterocycles. The molecule has 0 saturated carbocycles. The Bertz CT molecular complexity index is 1100. The third-order valence-electron chi connectivity index (χ3n) is 4.28. The highest BCUT2D eigenvalue weighted by Crippen LogP contribution is 2.33. The van der Waals surface area contributed by atoms with Gasteiger partial charge in [0.15, 0.2) is 16.3 Å². The zero-order valence-electron chi connectivity index (χ0n) is 15.1. The Labute approximate surface area is 159 Å². The Balaban J connectivity index is 1.78. The molecular weight excluding hydrogens is 368 g/mol. The van der Waals surface area contributed by atoms with Gasteiger partial charge in [0.05, 0.1) is 18.9 Å². The van der Waals surface area contributed by atoms with Crippen molar-refractivity contribution >= 4 is 27.5 Å². The summed E-state index contributed by atoms with van der Waals surface area (Å²) in [7, 11) is 5.05. The lowest BCUT2D eigenvalue weighted by Crippen LogP contribution is -2.16. The highest BCUT2D eigenvalue weighted by atomic mass is 32.1. The highest BCUT2D eigenvalue weighted by molar-refractivity contribution is 7.16. The molecule has 3 aromatic rings. The first kappa shape index (κ1) is 17.4. The number of aromatic nitrogens is 1. The molecule has 0 fully saturated rings. The maximum Gasteiger partial charge on any atom is 0.279 e. The van der Waals surface area contributed by atoms with Gasteiger partial charge in [-0.2, -0.15) is 4.99 Å². The lowest BCUT2D eigenvalue weighted by Gasteiger charge is -2.18. The number of thiazole rings is 1. The summed E-state index contributed by atoms with van der Waals surface area (Å²) in [5.74, 6) is 2.21. The van der Waals surface area contributed by atoms with Crippen LogP contribution in [0.3, 0.4) is 0 Å². The quantitative estimate of drug-likeness (QED) is 0.692. The molecular formula is C19H18N2O5S. The second kappa shape index (κ2) is 6.96. The summed E-state index contributed by atoms with van der Waals surface area (Å²) < 4.78 is 24.6. The van der Waals surface area contributed by atoms with Crippen LogP contribution in [0.4, 0.5) is 0 Å². The molecule has 0 atom stereocenters. The lowest BCUT2D eigenvalue weighted by molar-refractivity contribution is 0.0996. The van der Waals surface area contributed by atoms with E-state index in [1.807, 2.05) is 23.7 Å². The number of hydrogen-bond donors (Lipinski definition) is 0. The Morgan fingerprint density at radius 1 is 1.11 bits per heavy atom. The summed E-state index contributed by atoms with van der Waals surface area (Å²) in [6.07, 6.45) is 0. The van der Waals surface area contributed by atoms with Gasteiger partial charge in [-0.3, -0.25) is 4.79 Å². The monoisotopic (exact) mass is 386 g/mol. The van der Waals surface area contributed by atoms with Crippen LogP contribution in [0.5, 0.6) is 23.0 Å². The molecule has 140 valence electrons. The van der Waals surface area contributed by atoms with Crippen LogP contribution in [0.15, 0.2) is 35.3 Å². The van der Waals surface area contributed by atoms with Gasteiger partial charge in [0.1, 0.15) is 30.2 Å². The molecule has 0 aliphatic carbocycles. The predicted octanol–water partition coefficient (Wildman–Crippen LogP) is 2.77. The van der Waals surface area contributed by atoms with Gasteiger partial charge in [-0.05, 0) is 24.3 Å². The number of benzene rings is 2. The van der Waals surface area contributed by atoms with Crippen LogP contribution in [0.2, 0.25) is 0 Å². The van der Waals surface area contributed by atoms with E-state index in [2.05, 4.69) is 4.99 Å². The van der Waals surface area contributed by atoms with E-state index in [0.717, 1.165) is 10.2 Å². The minimum Gasteiger partial charge on any atom is -0.497 e. The Morgan fingerprint density at radius 3 is 2.63 bits per heavy atom. The van der Waals surface area contributed by atoms with E-state index < -0.39 is 0 Å². The number of fused-ring (bicyclic) bond motifs is 2. The van der Waals surface area contributed by atoms with E-state index in [-0.39, 0.29) is 5.91 Å². The van der Waals surface area contributed by atoms with Crippen molar-refractivity contribution in [2.45, 2.75) is 0 Å². The summed E-state index contributed by atoms with van der Waals surface area (Å²) in [5, 5.41) is 0. The molecule has 8 heteroatoms. The van der Waals surface area contributed by atoms with Crippen molar-refractivity contribution in [3.63, 3.8) is 0 Å². The van der Waals surface area contributed by atoms with E-state index >= 15 is 0 Å². The number of carbonyl (C=O) groups excluding carboxylic acids is 1. The topological polar surface area (TPSA) is 71.3 Å². The molecule has 0 saturated heterocycles. The fourth-order valence-electron chi connectivity index (χ4n) is 2.93. The number of nitrogens with zero attached hydrogens (tertiary/aromatic N) is 2. The molecule has 1 aromatic heterocycles. The average molecular weight is 386 g/mol. The van der Waals surface area contributed by atoms with Crippen LogP contribution in [0.25, 0.3) is 10.2 Å². The van der Waals surface area contributed by atoms with Gasteiger partial charge in [0.2, 0.25) is 0 Å². The first-order valence-corrected chi connectivity index (χ1v) is 9.12. The van der Waals surface area contributed by atoms with Crippen molar-refractivity contribution in [1.29, 1.82) is 0 Å². The molecule has 0 N–H and O–H groups in total. The van der Waals surface area contributed by atoms with Crippen LogP contribution < -0.4 is 23.7 Å². The summed E-state index contributed by atoms with van der Waals surface area (Å²) in [6.45, 7) is 0.974. The van der Waals surface area contributed by atoms with Crippen molar-refractivity contribution in [2.75, 3.05) is 27.4 Å². The molecule has 0 spiro atoms. The third kappa shape index (κ3) is 3.12. The van der Waals surface area contributed by atoms with E-state index in [1.165, 1.54) is 11.3 Å². The fraction of sp³-hybridized carbons (Fsp3) is 0.263. The van der Waals surface area contributed by atoms with Crippen LogP contribution in [0, 0.1) is 0 Å². The molecule has 0 radical (unpaired) electrons. The van der Waals surface area contributed by atoms with E-state index in [1.54, 1.807) is 32.4 Å². The maximum atomic E-state index is 12.7. The minimum atomic E-state index is -0.347. The van der Waals surface area contributed by atoms with E-state index in [9.17, 15) is 4.79 Å². The zero-order chi connectivity index (χ0) is 19.0. The number of hydrogen-bond acceptors (Lipinski definition) is 6. The second-order valence-corrected chi connectivity index (χ2v) is 6.90. The largest absolute Gasteiger partial charge is 0.497 e. The van der Waals surface area contributed by atoms with E-state index in [4.69, 9.17) is 18.9 Å². The van der Waals surface area contributed by atoms with Gasteiger partial charge in [0.25, 0.3) is 5.91 Å².